The molecular weight excluding hydrogens is 334 g/mol. The Hall–Kier alpha value is -2.93. The molecule has 1 fully saturated rings. The summed E-state index contributed by atoms with van der Waals surface area (Å²) >= 11 is 1.75. The number of nitrogens with zero attached hydrogens (tertiary/aromatic N) is 5. The Labute approximate surface area is 147 Å². The molecule has 0 bridgehead atoms. The van der Waals surface area contributed by atoms with Crippen LogP contribution in [0.15, 0.2) is 52.8 Å². The smallest absolute Gasteiger partial charge is 0.278 e. The summed E-state index contributed by atoms with van der Waals surface area (Å²) in [5, 5.41) is 7.42. The third-order valence-electron chi connectivity index (χ3n) is 4.10. The van der Waals surface area contributed by atoms with Crippen LogP contribution in [0.1, 0.15) is 23.8 Å². The standard InChI is InChI=1S/C18H13N5OS/c1-3-12(16-22-17(24-23-16)14-9-19-7-8-20-14)4-2-11(1)15-10-25-18(21-15)13-5-6-13/h1-4,7-10,13H,5-6H2. The summed E-state index contributed by atoms with van der Waals surface area (Å²) in [5.41, 5.74) is 3.59. The van der Waals surface area contributed by atoms with Gasteiger partial charge in [-0.15, -0.1) is 11.3 Å². The molecule has 3 aromatic heterocycles. The van der Waals surface area contributed by atoms with Crippen LogP contribution in [0, 0.1) is 0 Å². The van der Waals surface area contributed by atoms with Crippen molar-refractivity contribution in [1.29, 1.82) is 0 Å². The van der Waals surface area contributed by atoms with Gasteiger partial charge in [0, 0.05) is 34.8 Å². The molecule has 1 aromatic carbocycles. The lowest BCUT2D eigenvalue weighted by Crippen LogP contribution is -1.85. The van der Waals surface area contributed by atoms with Crippen LogP contribution in [0.2, 0.25) is 0 Å². The van der Waals surface area contributed by atoms with Gasteiger partial charge in [-0.05, 0) is 12.8 Å². The second-order valence-corrected chi connectivity index (χ2v) is 6.83. The molecule has 4 aromatic rings. The summed E-state index contributed by atoms with van der Waals surface area (Å²) in [7, 11) is 0. The van der Waals surface area contributed by atoms with Crippen molar-refractivity contribution in [2.45, 2.75) is 18.8 Å². The maximum Gasteiger partial charge on any atom is 0.278 e. The number of hydrogen-bond donors (Lipinski definition) is 0. The summed E-state index contributed by atoms with van der Waals surface area (Å²) < 4.78 is 5.28. The quantitative estimate of drug-likeness (QED) is 0.551. The van der Waals surface area contributed by atoms with Crippen LogP contribution in [-0.4, -0.2) is 25.1 Å². The van der Waals surface area contributed by atoms with E-state index in [4.69, 9.17) is 9.51 Å². The Kier molecular flexibility index (Phi) is 3.38. The second-order valence-electron chi connectivity index (χ2n) is 5.94. The van der Waals surface area contributed by atoms with Crippen molar-refractivity contribution in [3.8, 4) is 34.2 Å². The Morgan fingerprint density at radius 2 is 1.80 bits per heavy atom. The molecule has 25 heavy (non-hydrogen) atoms. The topological polar surface area (TPSA) is 77.6 Å². The molecule has 7 heteroatoms. The number of hydrogen-bond acceptors (Lipinski definition) is 7. The minimum atomic E-state index is 0.362. The lowest BCUT2D eigenvalue weighted by molar-refractivity contribution is 0.431. The van der Waals surface area contributed by atoms with Crippen molar-refractivity contribution in [2.75, 3.05) is 0 Å². The van der Waals surface area contributed by atoms with Crippen molar-refractivity contribution < 1.29 is 4.52 Å². The van der Waals surface area contributed by atoms with E-state index < -0.39 is 0 Å². The first-order chi connectivity index (χ1) is 12.4. The zero-order chi connectivity index (χ0) is 16.6. The van der Waals surface area contributed by atoms with Gasteiger partial charge in [0.1, 0.15) is 5.69 Å². The van der Waals surface area contributed by atoms with Crippen LogP contribution >= 0.6 is 11.3 Å². The van der Waals surface area contributed by atoms with Crippen LogP contribution in [0.25, 0.3) is 34.2 Å². The third-order valence-corrected chi connectivity index (χ3v) is 5.10. The van der Waals surface area contributed by atoms with Gasteiger partial charge < -0.3 is 4.52 Å². The van der Waals surface area contributed by atoms with E-state index in [-0.39, 0.29) is 0 Å². The molecule has 0 atom stereocenters. The molecule has 0 spiro atoms. The van der Waals surface area contributed by atoms with Crippen molar-refractivity contribution in [3.05, 3.63) is 53.2 Å². The van der Waals surface area contributed by atoms with Gasteiger partial charge in [0.05, 0.1) is 16.9 Å². The molecule has 1 aliphatic carbocycles. The monoisotopic (exact) mass is 347 g/mol. The van der Waals surface area contributed by atoms with Gasteiger partial charge in [-0.3, -0.25) is 4.98 Å². The van der Waals surface area contributed by atoms with Crippen molar-refractivity contribution >= 4 is 11.3 Å². The van der Waals surface area contributed by atoms with E-state index in [1.54, 1.807) is 29.9 Å². The minimum absolute atomic E-state index is 0.362. The van der Waals surface area contributed by atoms with E-state index in [1.807, 2.05) is 24.3 Å². The SMILES string of the molecule is c1cnc(-c2nc(-c3ccc(-c4csc(C5CC5)n4)cc3)no2)cn1. The first kappa shape index (κ1) is 14.4. The van der Waals surface area contributed by atoms with Crippen molar-refractivity contribution in [1.82, 2.24) is 25.1 Å². The molecule has 0 unspecified atom stereocenters. The van der Waals surface area contributed by atoms with Crippen molar-refractivity contribution in [3.63, 3.8) is 0 Å². The van der Waals surface area contributed by atoms with Crippen LogP contribution in [0.5, 0.6) is 0 Å². The summed E-state index contributed by atoms with van der Waals surface area (Å²) in [4.78, 5) is 17.3. The first-order valence-electron chi connectivity index (χ1n) is 8.03. The summed E-state index contributed by atoms with van der Waals surface area (Å²) in [6.45, 7) is 0. The molecule has 1 saturated carbocycles. The molecule has 5 rings (SSSR count). The van der Waals surface area contributed by atoms with Gasteiger partial charge in [0.25, 0.3) is 5.89 Å². The molecule has 3 heterocycles. The number of aromatic nitrogens is 5. The highest BCUT2D eigenvalue weighted by Crippen LogP contribution is 2.42. The van der Waals surface area contributed by atoms with Gasteiger partial charge in [-0.2, -0.15) is 4.98 Å². The van der Waals surface area contributed by atoms with Gasteiger partial charge in [-0.25, -0.2) is 9.97 Å². The fourth-order valence-corrected chi connectivity index (χ4v) is 3.58. The lowest BCUT2D eigenvalue weighted by atomic mass is 10.1. The average molecular weight is 347 g/mol. The Balaban J connectivity index is 1.40. The Morgan fingerprint density at radius 3 is 2.56 bits per heavy atom. The molecule has 0 saturated heterocycles. The predicted octanol–water partition coefficient (Wildman–Crippen LogP) is 4.19. The van der Waals surface area contributed by atoms with E-state index in [0.29, 0.717) is 23.3 Å². The van der Waals surface area contributed by atoms with E-state index in [2.05, 4.69) is 25.5 Å². The number of thiazole rings is 1. The normalized spacial score (nSPS) is 13.9. The maximum absolute atomic E-state index is 5.28. The molecule has 122 valence electrons. The van der Waals surface area contributed by atoms with E-state index in [9.17, 15) is 0 Å². The minimum Gasteiger partial charge on any atom is -0.332 e. The van der Waals surface area contributed by atoms with Gasteiger partial charge >= 0.3 is 0 Å². The van der Waals surface area contributed by atoms with E-state index >= 15 is 0 Å². The second kappa shape index (κ2) is 5.86. The number of rotatable bonds is 4. The summed E-state index contributed by atoms with van der Waals surface area (Å²) in [6, 6.07) is 8.05. The van der Waals surface area contributed by atoms with Crippen LogP contribution in [-0.2, 0) is 0 Å². The molecule has 6 nitrogen and oxygen atoms in total. The Morgan fingerprint density at radius 1 is 0.960 bits per heavy atom. The fraction of sp³-hybridized carbons (Fsp3) is 0.167. The largest absolute Gasteiger partial charge is 0.332 e. The maximum atomic E-state index is 5.28. The van der Waals surface area contributed by atoms with E-state index in [0.717, 1.165) is 16.8 Å². The average Bonchev–Trinajstić information content (AvgIpc) is 3.21. The molecular formula is C18H13N5OS. The molecule has 0 radical (unpaired) electrons. The van der Waals surface area contributed by atoms with Crippen LogP contribution in [0.3, 0.4) is 0 Å². The van der Waals surface area contributed by atoms with Gasteiger partial charge in [-0.1, -0.05) is 29.4 Å². The fourth-order valence-electron chi connectivity index (χ4n) is 2.58. The molecule has 1 aliphatic rings. The summed E-state index contributed by atoms with van der Waals surface area (Å²) in [6.07, 6.45) is 7.35. The van der Waals surface area contributed by atoms with E-state index in [1.165, 1.54) is 17.8 Å². The highest BCUT2D eigenvalue weighted by atomic mass is 32.1. The highest BCUT2D eigenvalue weighted by Gasteiger charge is 2.26. The zero-order valence-corrected chi connectivity index (χ0v) is 14.0. The molecule has 0 amide bonds. The zero-order valence-electron chi connectivity index (χ0n) is 13.2. The van der Waals surface area contributed by atoms with Gasteiger partial charge in [0.2, 0.25) is 5.82 Å². The van der Waals surface area contributed by atoms with Crippen molar-refractivity contribution in [2.24, 2.45) is 0 Å². The first-order valence-corrected chi connectivity index (χ1v) is 8.91. The molecule has 0 N–H and O–H groups in total. The number of benzene rings is 1. The van der Waals surface area contributed by atoms with Crippen LogP contribution < -0.4 is 0 Å². The van der Waals surface area contributed by atoms with Gasteiger partial charge in [0.15, 0.2) is 0 Å². The highest BCUT2D eigenvalue weighted by molar-refractivity contribution is 7.10. The lowest BCUT2D eigenvalue weighted by Gasteiger charge is -1.98. The third kappa shape index (κ3) is 2.83. The predicted molar refractivity (Wildman–Crippen MR) is 93.8 cm³/mol. The summed E-state index contributed by atoms with van der Waals surface area (Å²) in [5.74, 6) is 1.58. The van der Waals surface area contributed by atoms with Crippen LogP contribution in [0.4, 0.5) is 0 Å². The Bertz CT molecular complexity index is 1010. The molecule has 0 aliphatic heterocycles.